The summed E-state index contributed by atoms with van der Waals surface area (Å²) in [5.74, 6) is 0.700. The van der Waals surface area contributed by atoms with Crippen molar-refractivity contribution in [3.8, 4) is 5.75 Å². The number of hydrogen-bond acceptors (Lipinski definition) is 3. The van der Waals surface area contributed by atoms with Crippen LogP contribution in [0.2, 0.25) is 10.0 Å². The highest BCUT2D eigenvalue weighted by atomic mass is 35.5. The van der Waals surface area contributed by atoms with Gasteiger partial charge in [0.05, 0.1) is 23.2 Å². The van der Waals surface area contributed by atoms with Gasteiger partial charge in [-0.3, -0.25) is 4.90 Å². The van der Waals surface area contributed by atoms with Crippen LogP contribution in [0.1, 0.15) is 45.6 Å². The summed E-state index contributed by atoms with van der Waals surface area (Å²) in [6, 6.07) is 3.76. The van der Waals surface area contributed by atoms with Crippen LogP contribution in [0, 0.1) is 0 Å². The summed E-state index contributed by atoms with van der Waals surface area (Å²) in [7, 11) is 1.62. The van der Waals surface area contributed by atoms with Crippen LogP contribution in [0.15, 0.2) is 18.2 Å². The molecule has 6 heteroatoms. The molecule has 2 aliphatic rings. The molecule has 136 valence electrons. The molecular formula is C19H23Cl2NO3. The van der Waals surface area contributed by atoms with Gasteiger partial charge in [-0.15, -0.1) is 0 Å². The average molecular weight is 384 g/mol. The molecule has 0 aromatic heterocycles. The average Bonchev–Trinajstić information content (AvgIpc) is 2.78. The van der Waals surface area contributed by atoms with Crippen molar-refractivity contribution in [1.82, 2.24) is 4.90 Å². The van der Waals surface area contributed by atoms with Gasteiger partial charge in [-0.25, -0.2) is 4.79 Å². The number of halogens is 2. The molecule has 2 atom stereocenters. The Bertz CT molecular complexity index is 724. The number of amides is 1. The van der Waals surface area contributed by atoms with Gasteiger partial charge in [-0.1, -0.05) is 29.3 Å². The van der Waals surface area contributed by atoms with Crippen molar-refractivity contribution >= 4 is 34.9 Å². The number of ether oxygens (including phenoxy) is 2. The molecule has 0 aliphatic carbocycles. The third kappa shape index (κ3) is 3.75. The maximum Gasteiger partial charge on any atom is 0.411 e. The second-order valence-electron chi connectivity index (χ2n) is 7.55. The highest BCUT2D eigenvalue weighted by molar-refractivity contribution is 6.42. The van der Waals surface area contributed by atoms with Crippen LogP contribution in [-0.4, -0.2) is 35.8 Å². The summed E-state index contributed by atoms with van der Waals surface area (Å²) in [5, 5.41) is 0.970. The number of carbonyl (C=O) groups excluding carboxylic acids is 1. The molecule has 4 nitrogen and oxygen atoms in total. The van der Waals surface area contributed by atoms with Gasteiger partial charge in [0.2, 0.25) is 0 Å². The number of rotatable bonds is 2. The Labute approximate surface area is 158 Å². The summed E-state index contributed by atoms with van der Waals surface area (Å²) >= 11 is 12.3. The predicted octanol–water partition coefficient (Wildman–Crippen LogP) is 5.56. The first-order chi connectivity index (χ1) is 11.7. The number of benzene rings is 1. The molecule has 1 fully saturated rings. The molecule has 1 saturated heterocycles. The van der Waals surface area contributed by atoms with Gasteiger partial charge in [0.1, 0.15) is 11.4 Å². The van der Waals surface area contributed by atoms with Crippen LogP contribution < -0.4 is 4.74 Å². The minimum Gasteiger partial charge on any atom is -0.496 e. The SMILES string of the molecule is COc1cc(Cl)c(Cl)cc1C1=CC2CCC(C1)N2C(=O)OC(C)(C)C. The molecule has 2 unspecified atom stereocenters. The third-order valence-corrected chi connectivity index (χ3v) is 5.31. The van der Waals surface area contributed by atoms with Crippen LogP contribution in [0.5, 0.6) is 5.75 Å². The molecule has 1 amide bonds. The van der Waals surface area contributed by atoms with Gasteiger partial charge in [0, 0.05) is 17.7 Å². The summed E-state index contributed by atoms with van der Waals surface area (Å²) in [6.07, 6.45) is 4.56. The fourth-order valence-corrected chi connectivity index (χ4v) is 3.89. The maximum absolute atomic E-state index is 12.6. The topological polar surface area (TPSA) is 38.8 Å². The molecule has 25 heavy (non-hydrogen) atoms. The lowest BCUT2D eigenvalue weighted by Gasteiger charge is -2.35. The van der Waals surface area contributed by atoms with Crippen LogP contribution >= 0.6 is 23.2 Å². The molecule has 3 rings (SSSR count). The van der Waals surface area contributed by atoms with Gasteiger partial charge in [-0.05, 0) is 51.7 Å². The lowest BCUT2D eigenvalue weighted by atomic mass is 9.94. The molecular weight excluding hydrogens is 361 g/mol. The minimum absolute atomic E-state index is 0.0442. The fourth-order valence-electron chi connectivity index (χ4n) is 3.58. The molecule has 1 aromatic rings. The predicted molar refractivity (Wildman–Crippen MR) is 100 cm³/mol. The normalized spacial score (nSPS) is 22.6. The zero-order chi connectivity index (χ0) is 18.4. The van der Waals surface area contributed by atoms with E-state index in [-0.39, 0.29) is 18.2 Å². The zero-order valence-corrected chi connectivity index (χ0v) is 16.4. The van der Waals surface area contributed by atoms with Crippen molar-refractivity contribution in [1.29, 1.82) is 0 Å². The maximum atomic E-state index is 12.6. The largest absolute Gasteiger partial charge is 0.496 e. The lowest BCUT2D eigenvalue weighted by molar-refractivity contribution is 0.0175. The zero-order valence-electron chi connectivity index (χ0n) is 14.9. The van der Waals surface area contributed by atoms with E-state index >= 15 is 0 Å². The summed E-state index contributed by atoms with van der Waals surface area (Å²) < 4.78 is 11.0. The Morgan fingerprint density at radius 2 is 1.88 bits per heavy atom. The third-order valence-electron chi connectivity index (χ3n) is 4.59. The Morgan fingerprint density at radius 3 is 2.48 bits per heavy atom. The Kier molecular flexibility index (Phi) is 4.95. The van der Waals surface area contributed by atoms with Crippen molar-refractivity contribution in [2.75, 3.05) is 7.11 Å². The highest BCUT2D eigenvalue weighted by Crippen LogP contribution is 2.43. The fraction of sp³-hybridized carbons (Fsp3) is 0.526. The van der Waals surface area contributed by atoms with E-state index in [1.165, 1.54) is 0 Å². The molecule has 2 heterocycles. The van der Waals surface area contributed by atoms with Crippen LogP contribution in [0.3, 0.4) is 0 Å². The Hall–Kier alpha value is -1.39. The van der Waals surface area contributed by atoms with Crippen LogP contribution in [-0.2, 0) is 4.74 Å². The van der Waals surface area contributed by atoms with Gasteiger partial charge in [0.15, 0.2) is 0 Å². The molecule has 0 N–H and O–H groups in total. The first-order valence-corrected chi connectivity index (χ1v) is 9.20. The van der Waals surface area contributed by atoms with E-state index in [1.54, 1.807) is 13.2 Å². The van der Waals surface area contributed by atoms with Crippen molar-refractivity contribution in [2.45, 2.75) is 57.7 Å². The smallest absolute Gasteiger partial charge is 0.411 e. The molecule has 0 saturated carbocycles. The van der Waals surface area contributed by atoms with Gasteiger partial charge >= 0.3 is 6.09 Å². The van der Waals surface area contributed by atoms with Gasteiger partial charge in [0.25, 0.3) is 0 Å². The first-order valence-electron chi connectivity index (χ1n) is 8.45. The van der Waals surface area contributed by atoms with Crippen molar-refractivity contribution in [3.63, 3.8) is 0 Å². The molecule has 2 bridgehead atoms. The standard InChI is InChI=1S/C19H23Cl2NO3/c1-19(2,3)25-18(23)22-12-5-6-13(22)8-11(7-12)14-9-15(20)16(21)10-17(14)24-4/h7,9-10,12-13H,5-6,8H2,1-4H3. The Balaban J connectivity index is 1.90. The summed E-state index contributed by atoms with van der Waals surface area (Å²) in [6.45, 7) is 5.66. The van der Waals surface area contributed by atoms with Crippen molar-refractivity contribution in [2.24, 2.45) is 0 Å². The minimum atomic E-state index is -0.493. The first kappa shape index (κ1) is 18.4. The molecule has 1 aromatic carbocycles. The van der Waals surface area contributed by atoms with Crippen molar-refractivity contribution < 1.29 is 14.3 Å². The molecule has 0 spiro atoms. The van der Waals surface area contributed by atoms with E-state index in [1.807, 2.05) is 31.7 Å². The second-order valence-corrected chi connectivity index (χ2v) is 8.36. The van der Waals surface area contributed by atoms with E-state index in [2.05, 4.69) is 6.08 Å². The van der Waals surface area contributed by atoms with E-state index < -0.39 is 5.60 Å². The lowest BCUT2D eigenvalue weighted by Crippen LogP contribution is -2.45. The van der Waals surface area contributed by atoms with E-state index in [4.69, 9.17) is 32.7 Å². The number of fused-ring (bicyclic) bond motifs is 2. The van der Waals surface area contributed by atoms with E-state index in [9.17, 15) is 4.79 Å². The number of carbonyl (C=O) groups is 1. The van der Waals surface area contributed by atoms with Gasteiger partial charge < -0.3 is 9.47 Å². The molecule has 2 aliphatic heterocycles. The van der Waals surface area contributed by atoms with Gasteiger partial charge in [-0.2, -0.15) is 0 Å². The highest BCUT2D eigenvalue weighted by Gasteiger charge is 2.42. The van der Waals surface area contributed by atoms with Crippen LogP contribution in [0.4, 0.5) is 4.79 Å². The summed E-state index contributed by atoms with van der Waals surface area (Å²) in [5.41, 5.74) is 1.59. The number of methoxy groups -OCH3 is 1. The number of nitrogens with zero attached hydrogens (tertiary/aromatic N) is 1. The molecule has 0 radical (unpaired) electrons. The quantitative estimate of drug-likeness (QED) is 0.670. The summed E-state index contributed by atoms with van der Waals surface area (Å²) in [4.78, 5) is 14.4. The van der Waals surface area contributed by atoms with Crippen molar-refractivity contribution in [3.05, 3.63) is 33.8 Å². The van der Waals surface area contributed by atoms with Crippen LogP contribution in [0.25, 0.3) is 5.57 Å². The second kappa shape index (κ2) is 6.73. The number of hydrogen-bond donors (Lipinski definition) is 0. The Morgan fingerprint density at radius 1 is 1.20 bits per heavy atom. The monoisotopic (exact) mass is 383 g/mol. The van der Waals surface area contributed by atoms with E-state index in [0.29, 0.717) is 15.8 Å². The van der Waals surface area contributed by atoms with E-state index in [0.717, 1.165) is 30.4 Å².